The zero-order valence-corrected chi connectivity index (χ0v) is 10.6. The Hall–Kier alpha value is -1.13. The summed E-state index contributed by atoms with van der Waals surface area (Å²) < 4.78 is 5.42. The average molecular weight is 235 g/mol. The zero-order valence-electron chi connectivity index (χ0n) is 10.6. The van der Waals surface area contributed by atoms with Gasteiger partial charge in [0.15, 0.2) is 0 Å². The Bertz CT molecular complexity index is 369. The van der Waals surface area contributed by atoms with Crippen molar-refractivity contribution in [3.05, 3.63) is 24.0 Å². The maximum atomic E-state index is 5.92. The largest absolute Gasteiger partial charge is 0.397 e. The van der Waals surface area contributed by atoms with Crippen LogP contribution in [0, 0.1) is 0 Å². The topological polar surface area (TPSA) is 51.4 Å². The molecule has 1 aromatic heterocycles. The number of likely N-dealkylation sites (tertiary alicyclic amines) is 1. The molecular formula is C13H21N3O. The van der Waals surface area contributed by atoms with Gasteiger partial charge in [0.25, 0.3) is 0 Å². The molecule has 0 radical (unpaired) electrons. The summed E-state index contributed by atoms with van der Waals surface area (Å²) in [6.45, 7) is 4.13. The van der Waals surface area contributed by atoms with Gasteiger partial charge in [0.1, 0.15) is 0 Å². The van der Waals surface area contributed by atoms with Crippen LogP contribution in [0.4, 0.5) is 5.69 Å². The van der Waals surface area contributed by atoms with E-state index in [9.17, 15) is 0 Å². The molecule has 1 fully saturated rings. The Morgan fingerprint density at radius 3 is 3.06 bits per heavy atom. The van der Waals surface area contributed by atoms with Gasteiger partial charge in [-0.1, -0.05) is 0 Å². The lowest BCUT2D eigenvalue weighted by Crippen LogP contribution is -2.42. The van der Waals surface area contributed by atoms with Crippen LogP contribution in [0.2, 0.25) is 0 Å². The maximum absolute atomic E-state index is 5.92. The number of nitrogens with zero attached hydrogens (tertiary/aromatic N) is 2. The first-order chi connectivity index (χ1) is 8.20. The third-order valence-electron chi connectivity index (χ3n) is 3.58. The van der Waals surface area contributed by atoms with Crippen LogP contribution in [0.15, 0.2) is 18.3 Å². The summed E-state index contributed by atoms with van der Waals surface area (Å²) in [4.78, 5) is 6.77. The minimum absolute atomic E-state index is 0.405. The van der Waals surface area contributed by atoms with Gasteiger partial charge < -0.3 is 10.5 Å². The van der Waals surface area contributed by atoms with E-state index in [0.29, 0.717) is 12.1 Å². The van der Waals surface area contributed by atoms with E-state index in [-0.39, 0.29) is 0 Å². The van der Waals surface area contributed by atoms with Crippen molar-refractivity contribution in [1.82, 2.24) is 9.88 Å². The van der Waals surface area contributed by atoms with Crippen LogP contribution in [0.5, 0.6) is 0 Å². The molecule has 0 saturated carbocycles. The molecule has 2 unspecified atom stereocenters. The van der Waals surface area contributed by atoms with E-state index in [1.807, 2.05) is 12.1 Å². The zero-order chi connectivity index (χ0) is 12.3. The lowest BCUT2D eigenvalue weighted by Gasteiger charge is -2.36. The Morgan fingerprint density at radius 1 is 1.59 bits per heavy atom. The third kappa shape index (κ3) is 2.96. The van der Waals surface area contributed by atoms with Crippen molar-refractivity contribution in [1.29, 1.82) is 0 Å². The highest BCUT2D eigenvalue weighted by Gasteiger charge is 2.25. The molecule has 2 N–H and O–H groups in total. The van der Waals surface area contributed by atoms with E-state index >= 15 is 0 Å². The van der Waals surface area contributed by atoms with Crippen molar-refractivity contribution >= 4 is 5.69 Å². The Labute approximate surface area is 103 Å². The van der Waals surface area contributed by atoms with Gasteiger partial charge in [-0.25, -0.2) is 0 Å². The number of pyridine rings is 1. The second-order valence-electron chi connectivity index (χ2n) is 4.74. The number of aromatic nitrogens is 1. The number of ether oxygens (including phenoxy) is 1. The molecule has 4 heteroatoms. The summed E-state index contributed by atoms with van der Waals surface area (Å²) >= 11 is 0. The SMILES string of the molecule is COC1CCN(Cc2ncccc2N)C(C)C1. The summed E-state index contributed by atoms with van der Waals surface area (Å²) in [6, 6.07) is 4.31. The normalized spacial score (nSPS) is 26.0. The number of methoxy groups -OCH3 is 1. The lowest BCUT2D eigenvalue weighted by molar-refractivity contribution is 0.0126. The lowest BCUT2D eigenvalue weighted by atomic mass is 10.0. The van der Waals surface area contributed by atoms with Gasteiger partial charge in [0.05, 0.1) is 17.5 Å². The van der Waals surface area contributed by atoms with E-state index in [1.165, 1.54) is 0 Å². The van der Waals surface area contributed by atoms with Crippen molar-refractivity contribution in [2.24, 2.45) is 0 Å². The second-order valence-corrected chi connectivity index (χ2v) is 4.74. The van der Waals surface area contributed by atoms with Crippen molar-refractivity contribution in [3.8, 4) is 0 Å². The summed E-state index contributed by atoms with van der Waals surface area (Å²) in [5.41, 5.74) is 7.69. The van der Waals surface area contributed by atoms with Crippen molar-refractivity contribution in [3.63, 3.8) is 0 Å². The minimum Gasteiger partial charge on any atom is -0.397 e. The number of piperidine rings is 1. The van der Waals surface area contributed by atoms with Crippen LogP contribution in [-0.4, -0.2) is 35.7 Å². The number of rotatable bonds is 3. The first kappa shape index (κ1) is 12.3. The molecular weight excluding hydrogens is 214 g/mol. The predicted octanol–water partition coefficient (Wildman–Crippen LogP) is 1.66. The summed E-state index contributed by atoms with van der Waals surface area (Å²) in [5, 5.41) is 0. The number of anilines is 1. The van der Waals surface area contributed by atoms with Crippen LogP contribution in [0.3, 0.4) is 0 Å². The third-order valence-corrected chi connectivity index (χ3v) is 3.58. The van der Waals surface area contributed by atoms with Gasteiger partial charge >= 0.3 is 0 Å². The minimum atomic E-state index is 0.405. The van der Waals surface area contributed by atoms with Gasteiger partial charge in [-0.2, -0.15) is 0 Å². The average Bonchev–Trinajstić information content (AvgIpc) is 2.34. The van der Waals surface area contributed by atoms with E-state index in [0.717, 1.165) is 37.3 Å². The first-order valence-electron chi connectivity index (χ1n) is 6.17. The van der Waals surface area contributed by atoms with Gasteiger partial charge in [0, 0.05) is 32.4 Å². The van der Waals surface area contributed by atoms with Crippen LogP contribution in [0.1, 0.15) is 25.5 Å². The molecule has 1 aliphatic heterocycles. The molecule has 1 saturated heterocycles. The van der Waals surface area contributed by atoms with Crippen LogP contribution in [0.25, 0.3) is 0 Å². The van der Waals surface area contributed by atoms with Crippen molar-refractivity contribution < 1.29 is 4.74 Å². The first-order valence-corrected chi connectivity index (χ1v) is 6.17. The van der Waals surface area contributed by atoms with E-state index < -0.39 is 0 Å². The number of hydrogen-bond donors (Lipinski definition) is 1. The fraction of sp³-hybridized carbons (Fsp3) is 0.615. The molecule has 1 aliphatic rings. The summed E-state index contributed by atoms with van der Waals surface area (Å²) in [6.07, 6.45) is 4.39. The quantitative estimate of drug-likeness (QED) is 0.865. The highest BCUT2D eigenvalue weighted by Crippen LogP contribution is 2.22. The van der Waals surface area contributed by atoms with Gasteiger partial charge in [-0.15, -0.1) is 0 Å². The molecule has 2 atom stereocenters. The van der Waals surface area contributed by atoms with Gasteiger partial charge in [-0.05, 0) is 31.9 Å². The summed E-state index contributed by atoms with van der Waals surface area (Å²) in [7, 11) is 1.80. The van der Waals surface area contributed by atoms with Crippen LogP contribution in [-0.2, 0) is 11.3 Å². The van der Waals surface area contributed by atoms with Gasteiger partial charge in [0.2, 0.25) is 0 Å². The molecule has 94 valence electrons. The van der Waals surface area contributed by atoms with Gasteiger partial charge in [-0.3, -0.25) is 9.88 Å². The van der Waals surface area contributed by atoms with Crippen LogP contribution < -0.4 is 5.73 Å². The molecule has 2 heterocycles. The Morgan fingerprint density at radius 2 is 2.41 bits per heavy atom. The standard InChI is InChI=1S/C13H21N3O/c1-10-8-11(17-2)5-7-16(10)9-13-12(14)4-3-6-15-13/h3-4,6,10-11H,5,7-9,14H2,1-2H3. The molecule has 4 nitrogen and oxygen atoms in total. The van der Waals surface area contributed by atoms with E-state index in [1.54, 1.807) is 13.3 Å². The van der Waals surface area contributed by atoms with Crippen molar-refractivity contribution in [2.75, 3.05) is 19.4 Å². The highest BCUT2D eigenvalue weighted by atomic mass is 16.5. The van der Waals surface area contributed by atoms with E-state index in [4.69, 9.17) is 10.5 Å². The molecule has 0 amide bonds. The molecule has 0 spiro atoms. The number of nitrogen functional groups attached to an aromatic ring is 1. The summed E-state index contributed by atoms with van der Waals surface area (Å²) in [5.74, 6) is 0. The molecule has 0 bridgehead atoms. The monoisotopic (exact) mass is 235 g/mol. The Balaban J connectivity index is 1.98. The van der Waals surface area contributed by atoms with Crippen molar-refractivity contribution in [2.45, 2.75) is 38.5 Å². The highest BCUT2D eigenvalue weighted by molar-refractivity contribution is 5.41. The van der Waals surface area contributed by atoms with E-state index in [2.05, 4.69) is 16.8 Å². The predicted molar refractivity (Wildman–Crippen MR) is 68.6 cm³/mol. The Kier molecular flexibility index (Phi) is 3.97. The fourth-order valence-electron chi connectivity index (χ4n) is 2.40. The smallest absolute Gasteiger partial charge is 0.0772 e. The molecule has 1 aromatic rings. The fourth-order valence-corrected chi connectivity index (χ4v) is 2.40. The maximum Gasteiger partial charge on any atom is 0.0772 e. The molecule has 17 heavy (non-hydrogen) atoms. The second kappa shape index (κ2) is 5.47. The molecule has 0 aromatic carbocycles. The molecule has 2 rings (SSSR count). The number of hydrogen-bond acceptors (Lipinski definition) is 4. The molecule has 0 aliphatic carbocycles. The number of nitrogens with two attached hydrogens (primary N) is 1. The van der Waals surface area contributed by atoms with Crippen LogP contribution >= 0.6 is 0 Å².